The number of para-hydroxylation sites is 1. The molecule has 0 aliphatic heterocycles. The van der Waals surface area contributed by atoms with Crippen LogP contribution in [-0.2, 0) is 26.2 Å². The summed E-state index contributed by atoms with van der Waals surface area (Å²) in [7, 11) is -2.74. The Balaban J connectivity index is 2.01. The van der Waals surface area contributed by atoms with Gasteiger partial charge in [0.05, 0.1) is 10.6 Å². The van der Waals surface area contributed by atoms with Crippen molar-refractivity contribution in [3.8, 4) is 0 Å². The first kappa shape index (κ1) is 25.9. The summed E-state index contributed by atoms with van der Waals surface area (Å²) in [4.78, 5) is 27.3. The minimum Gasteiger partial charge on any atom is -0.357 e. The maximum absolute atomic E-state index is 13.6. The molecule has 0 aliphatic rings. The lowest BCUT2D eigenvalue weighted by Gasteiger charge is -2.32. The van der Waals surface area contributed by atoms with E-state index in [4.69, 9.17) is 0 Å². The maximum Gasteiger partial charge on any atom is 0.264 e. The summed E-state index contributed by atoms with van der Waals surface area (Å²) in [6, 6.07) is 19.2. The first-order valence-corrected chi connectivity index (χ1v) is 12.5. The number of rotatable bonds is 9. The molecular formula is C26H28FN3O4S. The molecule has 3 aromatic rings. The topological polar surface area (TPSA) is 86.8 Å². The van der Waals surface area contributed by atoms with Crippen LogP contribution in [0.15, 0.2) is 83.8 Å². The summed E-state index contributed by atoms with van der Waals surface area (Å²) >= 11 is 0. The molecule has 1 unspecified atom stereocenters. The molecule has 2 amide bonds. The van der Waals surface area contributed by atoms with Crippen molar-refractivity contribution in [3.05, 3.63) is 95.8 Å². The van der Waals surface area contributed by atoms with Gasteiger partial charge in [-0.25, -0.2) is 12.8 Å². The van der Waals surface area contributed by atoms with Crippen LogP contribution in [0.3, 0.4) is 0 Å². The zero-order valence-electron chi connectivity index (χ0n) is 19.8. The Labute approximate surface area is 205 Å². The summed E-state index contributed by atoms with van der Waals surface area (Å²) in [5.74, 6) is -1.51. The van der Waals surface area contributed by atoms with E-state index in [2.05, 4.69) is 5.32 Å². The van der Waals surface area contributed by atoms with Crippen LogP contribution in [0.5, 0.6) is 0 Å². The lowest BCUT2D eigenvalue weighted by Crippen LogP contribution is -2.50. The number of benzene rings is 3. The molecule has 7 nitrogen and oxygen atoms in total. The Bertz CT molecular complexity index is 1280. The third-order valence-corrected chi connectivity index (χ3v) is 7.53. The third-order valence-electron chi connectivity index (χ3n) is 5.74. The SMILES string of the molecule is CNC(=O)C(C)N(Cc1ccccc1C)C(=O)CN(c1ccccc1)S(=O)(=O)c1ccc(F)cc1. The van der Waals surface area contributed by atoms with E-state index in [0.29, 0.717) is 0 Å². The van der Waals surface area contributed by atoms with Crippen LogP contribution in [0.2, 0.25) is 0 Å². The molecule has 3 aromatic carbocycles. The summed E-state index contributed by atoms with van der Waals surface area (Å²) < 4.78 is 41.5. The molecule has 0 saturated carbocycles. The molecule has 0 bridgehead atoms. The molecule has 184 valence electrons. The third kappa shape index (κ3) is 6.05. The van der Waals surface area contributed by atoms with Gasteiger partial charge in [-0.15, -0.1) is 0 Å². The van der Waals surface area contributed by atoms with Crippen molar-refractivity contribution in [1.82, 2.24) is 10.2 Å². The molecular weight excluding hydrogens is 469 g/mol. The van der Waals surface area contributed by atoms with E-state index in [9.17, 15) is 22.4 Å². The summed E-state index contributed by atoms with van der Waals surface area (Å²) in [5.41, 5.74) is 2.05. The number of nitrogens with zero attached hydrogens (tertiary/aromatic N) is 2. The van der Waals surface area contributed by atoms with Crippen molar-refractivity contribution < 1.29 is 22.4 Å². The number of sulfonamides is 1. The lowest BCUT2D eigenvalue weighted by molar-refractivity contribution is -0.139. The number of hydrogen-bond donors (Lipinski definition) is 1. The number of carbonyl (C=O) groups excluding carboxylic acids is 2. The Hall–Kier alpha value is -3.72. The fraction of sp³-hybridized carbons (Fsp3) is 0.231. The van der Waals surface area contributed by atoms with Crippen LogP contribution in [0.25, 0.3) is 0 Å². The fourth-order valence-corrected chi connectivity index (χ4v) is 5.03. The first-order chi connectivity index (χ1) is 16.6. The van der Waals surface area contributed by atoms with E-state index >= 15 is 0 Å². The van der Waals surface area contributed by atoms with Crippen LogP contribution >= 0.6 is 0 Å². The molecule has 1 N–H and O–H groups in total. The zero-order chi connectivity index (χ0) is 25.6. The van der Waals surface area contributed by atoms with Gasteiger partial charge in [0.2, 0.25) is 11.8 Å². The summed E-state index contributed by atoms with van der Waals surface area (Å²) in [6.07, 6.45) is 0. The van der Waals surface area contributed by atoms with Crippen LogP contribution < -0.4 is 9.62 Å². The average Bonchev–Trinajstić information content (AvgIpc) is 2.86. The highest BCUT2D eigenvalue weighted by Gasteiger charge is 2.32. The second kappa shape index (κ2) is 11.1. The van der Waals surface area contributed by atoms with E-state index in [-0.39, 0.29) is 23.0 Å². The van der Waals surface area contributed by atoms with Gasteiger partial charge < -0.3 is 10.2 Å². The largest absolute Gasteiger partial charge is 0.357 e. The maximum atomic E-state index is 13.6. The molecule has 0 spiro atoms. The Morgan fingerprint density at radius 2 is 1.54 bits per heavy atom. The molecule has 0 aliphatic carbocycles. The normalized spacial score (nSPS) is 12.0. The van der Waals surface area contributed by atoms with Gasteiger partial charge in [0.15, 0.2) is 0 Å². The molecule has 0 radical (unpaired) electrons. The van der Waals surface area contributed by atoms with Gasteiger partial charge in [0.1, 0.15) is 18.4 Å². The number of aryl methyl sites for hydroxylation is 1. The standard InChI is InChI=1S/C26H28FN3O4S/c1-19-9-7-8-10-21(19)17-29(20(2)26(32)28-3)25(31)18-30(23-11-5-4-6-12-23)35(33,34)24-15-13-22(27)14-16-24/h4-16,20H,17-18H2,1-3H3,(H,28,32). The van der Waals surface area contributed by atoms with Crippen molar-refractivity contribution in [2.24, 2.45) is 0 Å². The molecule has 0 aromatic heterocycles. The van der Waals surface area contributed by atoms with Gasteiger partial charge in [-0.1, -0.05) is 42.5 Å². The van der Waals surface area contributed by atoms with Gasteiger partial charge in [0, 0.05) is 13.6 Å². The average molecular weight is 498 g/mol. The number of anilines is 1. The molecule has 0 heterocycles. The minimum atomic E-state index is -4.21. The lowest BCUT2D eigenvalue weighted by atomic mass is 10.1. The van der Waals surface area contributed by atoms with Gasteiger partial charge in [-0.05, 0) is 61.4 Å². The van der Waals surface area contributed by atoms with Crippen LogP contribution in [0.1, 0.15) is 18.1 Å². The van der Waals surface area contributed by atoms with Crippen molar-refractivity contribution in [3.63, 3.8) is 0 Å². The van der Waals surface area contributed by atoms with E-state index in [1.165, 1.54) is 11.9 Å². The minimum absolute atomic E-state index is 0.124. The number of amides is 2. The van der Waals surface area contributed by atoms with Crippen molar-refractivity contribution in [2.75, 3.05) is 17.9 Å². The number of carbonyl (C=O) groups is 2. The van der Waals surface area contributed by atoms with Gasteiger partial charge in [-0.3, -0.25) is 13.9 Å². The number of likely N-dealkylation sites (N-methyl/N-ethyl adjacent to an activating group) is 1. The second-order valence-electron chi connectivity index (χ2n) is 8.04. The van der Waals surface area contributed by atoms with Crippen LogP contribution in [0, 0.1) is 12.7 Å². The van der Waals surface area contributed by atoms with E-state index in [1.54, 1.807) is 37.3 Å². The van der Waals surface area contributed by atoms with E-state index < -0.39 is 34.3 Å². The Morgan fingerprint density at radius 3 is 2.14 bits per heavy atom. The number of halogens is 1. The molecule has 0 fully saturated rings. The van der Waals surface area contributed by atoms with Gasteiger partial charge in [0.25, 0.3) is 10.0 Å². The quantitative estimate of drug-likeness (QED) is 0.490. The molecule has 3 rings (SSSR count). The highest BCUT2D eigenvalue weighted by molar-refractivity contribution is 7.92. The van der Waals surface area contributed by atoms with Crippen molar-refractivity contribution in [1.29, 1.82) is 0 Å². The highest BCUT2D eigenvalue weighted by Crippen LogP contribution is 2.24. The van der Waals surface area contributed by atoms with E-state index in [1.807, 2.05) is 31.2 Å². The number of nitrogens with one attached hydrogen (secondary N) is 1. The van der Waals surface area contributed by atoms with E-state index in [0.717, 1.165) is 39.7 Å². The summed E-state index contributed by atoms with van der Waals surface area (Å²) in [5, 5.41) is 2.55. The molecule has 0 saturated heterocycles. The predicted octanol–water partition coefficient (Wildman–Crippen LogP) is 3.49. The number of hydrogen-bond acceptors (Lipinski definition) is 4. The first-order valence-electron chi connectivity index (χ1n) is 11.0. The van der Waals surface area contributed by atoms with Crippen LogP contribution in [0.4, 0.5) is 10.1 Å². The Kier molecular flexibility index (Phi) is 8.24. The highest BCUT2D eigenvalue weighted by atomic mass is 32.2. The zero-order valence-corrected chi connectivity index (χ0v) is 20.6. The molecule has 35 heavy (non-hydrogen) atoms. The molecule has 9 heteroatoms. The Morgan fingerprint density at radius 1 is 0.943 bits per heavy atom. The monoisotopic (exact) mass is 497 g/mol. The van der Waals surface area contributed by atoms with Crippen molar-refractivity contribution in [2.45, 2.75) is 31.3 Å². The van der Waals surface area contributed by atoms with Gasteiger partial charge >= 0.3 is 0 Å². The molecule has 1 atom stereocenters. The predicted molar refractivity (Wildman–Crippen MR) is 133 cm³/mol. The fourth-order valence-electron chi connectivity index (χ4n) is 3.62. The summed E-state index contributed by atoms with van der Waals surface area (Å²) in [6.45, 7) is 3.07. The van der Waals surface area contributed by atoms with Crippen LogP contribution in [-0.4, -0.2) is 44.8 Å². The second-order valence-corrected chi connectivity index (χ2v) is 9.90. The smallest absolute Gasteiger partial charge is 0.264 e. The van der Waals surface area contributed by atoms with Crippen molar-refractivity contribution >= 4 is 27.5 Å². The van der Waals surface area contributed by atoms with Gasteiger partial charge in [-0.2, -0.15) is 0 Å².